The molecule has 8 nitrogen and oxygen atoms in total. The molecule has 5 rings (SSSR count). The van der Waals surface area contributed by atoms with Gasteiger partial charge in [-0.25, -0.2) is 0 Å². The average molecular weight is 369 g/mol. The van der Waals surface area contributed by atoms with Gasteiger partial charge in [0.05, 0.1) is 0 Å². The summed E-state index contributed by atoms with van der Waals surface area (Å²) in [4.78, 5) is 18.7. The molecule has 3 fully saturated rings. The molecule has 27 heavy (non-hydrogen) atoms. The first-order valence-corrected chi connectivity index (χ1v) is 10.1. The van der Waals surface area contributed by atoms with Gasteiger partial charge in [0.15, 0.2) is 11.5 Å². The van der Waals surface area contributed by atoms with E-state index in [1.807, 2.05) is 21.5 Å². The number of rotatable bonds is 6. The van der Waals surface area contributed by atoms with Crippen LogP contribution in [0.2, 0.25) is 0 Å². The van der Waals surface area contributed by atoms with E-state index >= 15 is 0 Å². The van der Waals surface area contributed by atoms with Crippen molar-refractivity contribution in [2.45, 2.75) is 44.1 Å². The Hall–Kier alpha value is -2.22. The Balaban J connectivity index is 1.17. The number of aromatic nitrogens is 4. The zero-order valence-electron chi connectivity index (χ0n) is 15.9. The SMILES string of the molecule is CN(CCN1CCCCC1=O)C1CN(c2ccc3nnc(C4CC4)n3n2)C1. The molecule has 4 heterocycles. The lowest BCUT2D eigenvalue weighted by molar-refractivity contribution is -0.133. The van der Waals surface area contributed by atoms with E-state index in [-0.39, 0.29) is 0 Å². The summed E-state index contributed by atoms with van der Waals surface area (Å²) in [5.74, 6) is 2.87. The number of anilines is 1. The molecule has 2 aromatic heterocycles. The van der Waals surface area contributed by atoms with E-state index in [4.69, 9.17) is 5.10 Å². The topological polar surface area (TPSA) is 69.9 Å². The fourth-order valence-electron chi connectivity index (χ4n) is 4.04. The molecule has 1 saturated carbocycles. The Bertz CT molecular complexity index is 840. The quantitative estimate of drug-likeness (QED) is 0.760. The van der Waals surface area contributed by atoms with Gasteiger partial charge >= 0.3 is 0 Å². The lowest BCUT2D eigenvalue weighted by atomic mass is 10.1. The van der Waals surface area contributed by atoms with Crippen molar-refractivity contribution in [3.05, 3.63) is 18.0 Å². The minimum Gasteiger partial charge on any atom is -0.352 e. The monoisotopic (exact) mass is 369 g/mol. The highest BCUT2D eigenvalue weighted by Gasteiger charge is 2.33. The Morgan fingerprint density at radius 2 is 2.04 bits per heavy atom. The Labute approximate surface area is 159 Å². The van der Waals surface area contributed by atoms with Gasteiger partial charge in [0, 0.05) is 51.1 Å². The van der Waals surface area contributed by atoms with E-state index in [2.05, 4.69) is 27.0 Å². The maximum atomic E-state index is 11.9. The first-order chi connectivity index (χ1) is 13.2. The van der Waals surface area contributed by atoms with E-state index in [0.29, 0.717) is 17.9 Å². The number of carbonyl (C=O) groups is 1. The van der Waals surface area contributed by atoms with Gasteiger partial charge in [-0.05, 0) is 44.9 Å². The van der Waals surface area contributed by atoms with E-state index in [0.717, 1.165) is 69.3 Å². The fraction of sp³-hybridized carbons (Fsp3) is 0.684. The number of likely N-dealkylation sites (N-methyl/N-ethyl adjacent to an activating group) is 1. The lowest BCUT2D eigenvalue weighted by Gasteiger charge is -2.45. The van der Waals surface area contributed by atoms with Crippen molar-refractivity contribution in [2.75, 3.05) is 44.7 Å². The highest BCUT2D eigenvalue weighted by atomic mass is 16.2. The number of hydrogen-bond acceptors (Lipinski definition) is 6. The minimum absolute atomic E-state index is 0.322. The fourth-order valence-corrected chi connectivity index (χ4v) is 4.04. The van der Waals surface area contributed by atoms with Crippen LogP contribution in [0, 0.1) is 0 Å². The van der Waals surface area contributed by atoms with E-state index in [1.165, 1.54) is 12.8 Å². The van der Waals surface area contributed by atoms with Crippen molar-refractivity contribution < 1.29 is 4.79 Å². The summed E-state index contributed by atoms with van der Waals surface area (Å²) in [5.41, 5.74) is 0.834. The molecule has 0 atom stereocenters. The average Bonchev–Trinajstić information content (AvgIpc) is 3.39. The third kappa shape index (κ3) is 3.26. The summed E-state index contributed by atoms with van der Waals surface area (Å²) >= 11 is 0. The van der Waals surface area contributed by atoms with Crippen LogP contribution in [0.3, 0.4) is 0 Å². The van der Waals surface area contributed by atoms with Crippen LogP contribution >= 0.6 is 0 Å². The molecule has 0 unspecified atom stereocenters. The summed E-state index contributed by atoms with van der Waals surface area (Å²) in [6, 6.07) is 4.58. The Kier molecular flexibility index (Phi) is 4.22. The van der Waals surface area contributed by atoms with Crippen LogP contribution < -0.4 is 4.90 Å². The standard InChI is InChI=1S/C19H27N7O/c1-23(10-11-24-9-3-2-4-18(24)27)15-12-25(13-15)17-8-7-16-20-21-19(14-5-6-14)26(16)22-17/h7-8,14-15H,2-6,9-13H2,1H3. The summed E-state index contributed by atoms with van der Waals surface area (Å²) in [5, 5.41) is 13.3. The van der Waals surface area contributed by atoms with Crippen molar-refractivity contribution in [1.82, 2.24) is 29.6 Å². The number of likely N-dealkylation sites (tertiary alicyclic amines) is 1. The number of piperidine rings is 1. The van der Waals surface area contributed by atoms with Crippen molar-refractivity contribution in [3.8, 4) is 0 Å². The zero-order valence-corrected chi connectivity index (χ0v) is 15.9. The molecule has 0 aromatic carbocycles. The molecular formula is C19H27N7O. The van der Waals surface area contributed by atoms with Crippen molar-refractivity contribution in [1.29, 1.82) is 0 Å². The molecule has 0 N–H and O–H groups in total. The van der Waals surface area contributed by atoms with Crippen molar-refractivity contribution >= 4 is 17.4 Å². The summed E-state index contributed by atoms with van der Waals surface area (Å²) in [6.07, 6.45) is 5.31. The van der Waals surface area contributed by atoms with E-state index in [9.17, 15) is 4.79 Å². The molecular weight excluding hydrogens is 342 g/mol. The highest BCUT2D eigenvalue weighted by Crippen LogP contribution is 2.38. The van der Waals surface area contributed by atoms with Gasteiger partial charge in [0.2, 0.25) is 5.91 Å². The van der Waals surface area contributed by atoms with Crippen LogP contribution in [-0.4, -0.2) is 81.3 Å². The van der Waals surface area contributed by atoms with Crippen LogP contribution in [0.25, 0.3) is 5.65 Å². The van der Waals surface area contributed by atoms with Crippen LogP contribution in [0.5, 0.6) is 0 Å². The molecule has 144 valence electrons. The molecule has 3 aliphatic rings. The van der Waals surface area contributed by atoms with Crippen LogP contribution in [-0.2, 0) is 4.79 Å². The van der Waals surface area contributed by atoms with E-state index in [1.54, 1.807) is 0 Å². The second kappa shape index (κ2) is 6.74. The minimum atomic E-state index is 0.322. The first kappa shape index (κ1) is 16.9. The van der Waals surface area contributed by atoms with Gasteiger partial charge in [0.1, 0.15) is 5.82 Å². The largest absolute Gasteiger partial charge is 0.352 e. The summed E-state index contributed by atoms with van der Waals surface area (Å²) in [7, 11) is 2.16. The van der Waals surface area contributed by atoms with Crippen molar-refractivity contribution in [3.63, 3.8) is 0 Å². The smallest absolute Gasteiger partial charge is 0.222 e. The molecule has 0 spiro atoms. The van der Waals surface area contributed by atoms with Gasteiger partial charge < -0.3 is 9.80 Å². The number of amides is 1. The second-order valence-corrected chi connectivity index (χ2v) is 8.17. The maximum Gasteiger partial charge on any atom is 0.222 e. The normalized spacial score (nSPS) is 21.3. The van der Waals surface area contributed by atoms with Crippen LogP contribution in [0.15, 0.2) is 12.1 Å². The van der Waals surface area contributed by atoms with E-state index < -0.39 is 0 Å². The molecule has 0 radical (unpaired) electrons. The van der Waals surface area contributed by atoms with Crippen molar-refractivity contribution in [2.24, 2.45) is 0 Å². The third-order valence-electron chi connectivity index (χ3n) is 6.17. The molecule has 0 bridgehead atoms. The number of nitrogens with zero attached hydrogens (tertiary/aromatic N) is 7. The molecule has 2 saturated heterocycles. The predicted molar refractivity (Wildman–Crippen MR) is 102 cm³/mol. The molecule has 8 heteroatoms. The second-order valence-electron chi connectivity index (χ2n) is 8.17. The van der Waals surface area contributed by atoms with Gasteiger partial charge in [0.25, 0.3) is 0 Å². The number of hydrogen-bond donors (Lipinski definition) is 0. The lowest BCUT2D eigenvalue weighted by Crippen LogP contribution is -2.59. The van der Waals surface area contributed by atoms with Gasteiger partial charge in [-0.1, -0.05) is 0 Å². The first-order valence-electron chi connectivity index (χ1n) is 10.1. The Morgan fingerprint density at radius 1 is 1.19 bits per heavy atom. The molecule has 2 aliphatic heterocycles. The number of carbonyl (C=O) groups excluding carboxylic acids is 1. The van der Waals surface area contributed by atoms with Gasteiger partial charge in [-0.2, -0.15) is 4.52 Å². The summed E-state index contributed by atoms with van der Waals surface area (Å²) < 4.78 is 1.92. The molecule has 1 aliphatic carbocycles. The third-order valence-corrected chi connectivity index (χ3v) is 6.17. The van der Waals surface area contributed by atoms with Crippen LogP contribution in [0.1, 0.15) is 43.8 Å². The molecule has 1 amide bonds. The summed E-state index contributed by atoms with van der Waals surface area (Å²) in [6.45, 7) is 4.67. The maximum absolute atomic E-state index is 11.9. The highest BCUT2D eigenvalue weighted by molar-refractivity contribution is 5.76. The van der Waals surface area contributed by atoms with Crippen LogP contribution in [0.4, 0.5) is 5.82 Å². The molecule has 2 aromatic rings. The zero-order chi connectivity index (χ0) is 18.4. The van der Waals surface area contributed by atoms with Gasteiger partial charge in [-0.3, -0.25) is 9.69 Å². The predicted octanol–water partition coefficient (Wildman–Crippen LogP) is 1.13. The van der Waals surface area contributed by atoms with Gasteiger partial charge in [-0.15, -0.1) is 15.3 Å². The number of fused-ring (bicyclic) bond motifs is 1. The Morgan fingerprint density at radius 3 is 2.81 bits per heavy atom.